The largest absolute Gasteiger partial charge is 0.480 e. The van der Waals surface area contributed by atoms with Gasteiger partial charge in [0.2, 0.25) is 15.9 Å². The third-order valence-corrected chi connectivity index (χ3v) is 3.73. The molecule has 0 radical (unpaired) electrons. The molecule has 0 aliphatic carbocycles. The second-order valence-electron chi connectivity index (χ2n) is 3.15. The van der Waals surface area contributed by atoms with Gasteiger partial charge in [0, 0.05) is 26.1 Å². The molecule has 15 heavy (non-hydrogen) atoms. The Balaban J connectivity index is 2.70. The van der Waals surface area contributed by atoms with Crippen LogP contribution in [0.2, 0.25) is 0 Å². The number of rotatable bonds is 3. The Kier molecular flexibility index (Phi) is 3.64. The van der Waals surface area contributed by atoms with Crippen LogP contribution in [0.15, 0.2) is 0 Å². The van der Waals surface area contributed by atoms with Gasteiger partial charge in [-0.2, -0.15) is 4.31 Å². The minimum absolute atomic E-state index is 0.0431. The van der Waals surface area contributed by atoms with Gasteiger partial charge in [-0.1, -0.05) is 0 Å². The molecule has 1 saturated heterocycles. The molecule has 0 unspecified atom stereocenters. The summed E-state index contributed by atoms with van der Waals surface area (Å²) in [4.78, 5) is 21.2. The number of carbonyl (C=O) groups is 2. The summed E-state index contributed by atoms with van der Waals surface area (Å²) in [6.07, 6.45) is 0.0683. The lowest BCUT2D eigenvalue weighted by Crippen LogP contribution is -2.37. The first-order valence-corrected chi connectivity index (χ1v) is 5.99. The van der Waals surface area contributed by atoms with Crippen molar-refractivity contribution in [1.29, 1.82) is 0 Å². The molecule has 0 bridgehead atoms. The molecular formula is C7H12N2O5S. The van der Waals surface area contributed by atoms with Crippen LogP contribution in [0.4, 0.5) is 0 Å². The van der Waals surface area contributed by atoms with Crippen molar-refractivity contribution in [2.75, 3.05) is 25.4 Å². The summed E-state index contributed by atoms with van der Waals surface area (Å²) in [6.45, 7) is 0.389. The number of hydrogen-bond acceptors (Lipinski definition) is 4. The SMILES string of the molecule is O=C(O)CS(=O)(=O)N1CCNC(=O)CC1. The molecule has 0 aromatic heterocycles. The number of hydrogen-bond donors (Lipinski definition) is 2. The first-order valence-electron chi connectivity index (χ1n) is 4.38. The van der Waals surface area contributed by atoms with E-state index in [0.29, 0.717) is 0 Å². The Bertz CT molecular complexity index is 364. The molecule has 0 atom stereocenters. The molecule has 2 N–H and O–H groups in total. The quantitative estimate of drug-likeness (QED) is 0.603. The molecule has 86 valence electrons. The van der Waals surface area contributed by atoms with Crippen molar-refractivity contribution in [3.05, 3.63) is 0 Å². The van der Waals surface area contributed by atoms with Gasteiger partial charge in [0.1, 0.15) is 0 Å². The summed E-state index contributed by atoms with van der Waals surface area (Å²) in [7, 11) is -3.79. The van der Waals surface area contributed by atoms with Gasteiger partial charge >= 0.3 is 5.97 Å². The van der Waals surface area contributed by atoms with Crippen molar-refractivity contribution in [2.45, 2.75) is 6.42 Å². The molecule has 7 nitrogen and oxygen atoms in total. The van der Waals surface area contributed by atoms with Crippen LogP contribution in [0, 0.1) is 0 Å². The fourth-order valence-corrected chi connectivity index (χ4v) is 2.51. The normalized spacial score (nSPS) is 19.3. The number of carbonyl (C=O) groups excluding carboxylic acids is 1. The van der Waals surface area contributed by atoms with E-state index in [9.17, 15) is 18.0 Å². The number of aliphatic carboxylic acids is 1. The van der Waals surface area contributed by atoms with Crippen molar-refractivity contribution >= 4 is 21.9 Å². The van der Waals surface area contributed by atoms with Gasteiger partial charge in [-0.3, -0.25) is 9.59 Å². The van der Waals surface area contributed by atoms with Crippen LogP contribution in [0.1, 0.15) is 6.42 Å². The maximum absolute atomic E-state index is 11.5. The molecule has 1 heterocycles. The Morgan fingerprint density at radius 2 is 2.13 bits per heavy atom. The van der Waals surface area contributed by atoms with E-state index < -0.39 is 21.7 Å². The predicted octanol–water partition coefficient (Wildman–Crippen LogP) is -1.78. The number of carboxylic acids is 1. The average Bonchev–Trinajstić information content (AvgIpc) is 2.27. The van der Waals surface area contributed by atoms with Crippen LogP contribution in [0.5, 0.6) is 0 Å². The van der Waals surface area contributed by atoms with Crippen LogP contribution in [-0.4, -0.2) is 55.1 Å². The first-order chi connectivity index (χ1) is 6.92. The predicted molar refractivity (Wildman–Crippen MR) is 50.6 cm³/mol. The standard InChI is InChI=1S/C7H12N2O5S/c10-6-1-3-9(4-2-8-6)15(13,14)5-7(11)12/h1-5H2,(H,8,10)(H,11,12). The van der Waals surface area contributed by atoms with Gasteiger partial charge in [0.25, 0.3) is 0 Å². The third kappa shape index (κ3) is 3.48. The van der Waals surface area contributed by atoms with E-state index in [2.05, 4.69) is 5.32 Å². The van der Waals surface area contributed by atoms with Crippen molar-refractivity contribution in [1.82, 2.24) is 9.62 Å². The van der Waals surface area contributed by atoms with Crippen LogP contribution in [0.3, 0.4) is 0 Å². The average molecular weight is 236 g/mol. The zero-order valence-electron chi connectivity index (χ0n) is 7.97. The summed E-state index contributed by atoms with van der Waals surface area (Å²) in [5.74, 6) is -2.54. The van der Waals surface area contributed by atoms with E-state index in [4.69, 9.17) is 5.11 Å². The highest BCUT2D eigenvalue weighted by Gasteiger charge is 2.26. The molecule has 1 rings (SSSR count). The number of nitrogens with zero attached hydrogens (tertiary/aromatic N) is 1. The molecule has 1 amide bonds. The molecule has 1 aliphatic heterocycles. The molecule has 1 aliphatic rings. The Morgan fingerprint density at radius 3 is 2.73 bits per heavy atom. The maximum Gasteiger partial charge on any atom is 0.320 e. The summed E-state index contributed by atoms with van der Waals surface area (Å²) in [5.41, 5.74) is 0. The number of carboxylic acid groups (broad SMARTS) is 1. The van der Waals surface area contributed by atoms with Gasteiger partial charge in [0.15, 0.2) is 5.75 Å². The smallest absolute Gasteiger partial charge is 0.320 e. The van der Waals surface area contributed by atoms with Crippen molar-refractivity contribution in [2.24, 2.45) is 0 Å². The molecule has 0 aromatic rings. The van der Waals surface area contributed by atoms with E-state index in [0.717, 1.165) is 4.31 Å². The van der Waals surface area contributed by atoms with E-state index >= 15 is 0 Å². The van der Waals surface area contributed by atoms with E-state index in [1.165, 1.54) is 0 Å². The fraction of sp³-hybridized carbons (Fsp3) is 0.714. The Morgan fingerprint density at radius 1 is 1.47 bits per heavy atom. The molecule has 0 saturated carbocycles. The number of amides is 1. The highest BCUT2D eigenvalue weighted by molar-refractivity contribution is 7.89. The second kappa shape index (κ2) is 4.58. The van der Waals surface area contributed by atoms with Gasteiger partial charge in [-0.15, -0.1) is 0 Å². The lowest BCUT2D eigenvalue weighted by atomic mass is 10.4. The zero-order valence-corrected chi connectivity index (χ0v) is 8.79. The summed E-state index contributed by atoms with van der Waals surface area (Å²) < 4.78 is 23.9. The van der Waals surface area contributed by atoms with E-state index in [1.807, 2.05) is 0 Å². The van der Waals surface area contributed by atoms with Crippen LogP contribution >= 0.6 is 0 Å². The van der Waals surface area contributed by atoms with Crippen molar-refractivity contribution < 1.29 is 23.1 Å². The van der Waals surface area contributed by atoms with Crippen LogP contribution in [0.25, 0.3) is 0 Å². The van der Waals surface area contributed by atoms with Crippen molar-refractivity contribution in [3.63, 3.8) is 0 Å². The first kappa shape index (κ1) is 11.9. The molecule has 1 fully saturated rings. The lowest BCUT2D eigenvalue weighted by Gasteiger charge is -2.17. The van der Waals surface area contributed by atoms with Gasteiger partial charge in [0.05, 0.1) is 0 Å². The topological polar surface area (TPSA) is 104 Å². The maximum atomic E-state index is 11.5. The van der Waals surface area contributed by atoms with Crippen molar-refractivity contribution in [3.8, 4) is 0 Å². The number of sulfonamides is 1. The zero-order chi connectivity index (χ0) is 11.5. The van der Waals surface area contributed by atoms with Crippen LogP contribution in [-0.2, 0) is 19.6 Å². The van der Waals surface area contributed by atoms with E-state index in [1.54, 1.807) is 0 Å². The monoisotopic (exact) mass is 236 g/mol. The Hall–Kier alpha value is -1.15. The number of nitrogens with one attached hydrogen (secondary N) is 1. The minimum Gasteiger partial charge on any atom is -0.480 e. The van der Waals surface area contributed by atoms with Gasteiger partial charge < -0.3 is 10.4 Å². The fourth-order valence-electron chi connectivity index (χ4n) is 1.27. The third-order valence-electron chi connectivity index (χ3n) is 1.97. The highest BCUT2D eigenvalue weighted by Crippen LogP contribution is 2.04. The summed E-state index contributed by atoms with van der Waals surface area (Å²) in [6, 6.07) is 0. The van der Waals surface area contributed by atoms with E-state index in [-0.39, 0.29) is 32.0 Å². The molecule has 0 spiro atoms. The lowest BCUT2D eigenvalue weighted by molar-refractivity contribution is -0.134. The molecule has 8 heteroatoms. The van der Waals surface area contributed by atoms with Crippen LogP contribution < -0.4 is 5.32 Å². The molecular weight excluding hydrogens is 224 g/mol. The minimum atomic E-state index is -3.79. The summed E-state index contributed by atoms with van der Waals surface area (Å²) in [5, 5.41) is 10.9. The van der Waals surface area contributed by atoms with Gasteiger partial charge in [-0.25, -0.2) is 8.42 Å². The summed E-state index contributed by atoms with van der Waals surface area (Å²) >= 11 is 0. The van der Waals surface area contributed by atoms with Gasteiger partial charge in [-0.05, 0) is 0 Å². The molecule has 0 aromatic carbocycles. The Labute approximate surface area is 87.1 Å². The second-order valence-corrected chi connectivity index (χ2v) is 5.12. The highest BCUT2D eigenvalue weighted by atomic mass is 32.2.